The lowest BCUT2D eigenvalue weighted by molar-refractivity contribution is 0.414. The first-order valence-corrected chi connectivity index (χ1v) is 11.6. The maximum absolute atomic E-state index is 5.33. The Hall–Kier alpha value is -2.28. The fraction of sp³-hybridized carbons (Fsp3) is 0.250. The number of hydrogen-bond acceptors (Lipinski definition) is 6. The van der Waals surface area contributed by atoms with E-state index in [2.05, 4.69) is 41.7 Å². The van der Waals surface area contributed by atoms with Gasteiger partial charge in [0.15, 0.2) is 0 Å². The summed E-state index contributed by atoms with van der Waals surface area (Å²) in [6, 6.07) is 25.0. The summed E-state index contributed by atoms with van der Waals surface area (Å²) in [5.74, 6) is 2.61. The van der Waals surface area contributed by atoms with E-state index in [1.54, 1.807) is 21.3 Å². The quantitative estimate of drug-likeness (QED) is 0.495. The van der Waals surface area contributed by atoms with Crippen LogP contribution in [0.25, 0.3) is 0 Å². The van der Waals surface area contributed by atoms with E-state index in [9.17, 15) is 0 Å². The number of thioether (sulfide) groups is 2. The van der Waals surface area contributed by atoms with Crippen LogP contribution in [-0.2, 0) is 0 Å². The van der Waals surface area contributed by atoms with Crippen LogP contribution in [0.3, 0.4) is 0 Å². The summed E-state index contributed by atoms with van der Waals surface area (Å²) in [5, 5.41) is 4.13. The fourth-order valence-electron chi connectivity index (χ4n) is 3.32. The number of benzene rings is 3. The summed E-state index contributed by atoms with van der Waals surface area (Å²) < 4.78 is 16.3. The topological polar surface area (TPSA) is 39.7 Å². The van der Waals surface area contributed by atoms with E-state index in [-0.39, 0.29) is 15.3 Å². The zero-order chi connectivity index (χ0) is 20.9. The molecule has 1 aliphatic heterocycles. The van der Waals surface area contributed by atoms with Crippen LogP contribution in [0.15, 0.2) is 72.8 Å². The van der Waals surface area contributed by atoms with E-state index in [4.69, 9.17) is 14.2 Å². The van der Waals surface area contributed by atoms with Crippen LogP contribution in [0, 0.1) is 0 Å². The molecular weight excluding hydrogens is 414 g/mol. The minimum atomic E-state index is 0.163. The zero-order valence-electron chi connectivity index (χ0n) is 17.2. The van der Waals surface area contributed by atoms with Gasteiger partial charge in [-0.2, -0.15) is 0 Å². The van der Waals surface area contributed by atoms with E-state index >= 15 is 0 Å². The van der Waals surface area contributed by atoms with Crippen molar-refractivity contribution in [1.82, 2.24) is 5.32 Å². The summed E-state index contributed by atoms with van der Waals surface area (Å²) in [6.45, 7) is 0. The molecule has 1 saturated heterocycles. The second-order valence-corrected chi connectivity index (χ2v) is 9.58. The molecule has 0 aromatic heterocycles. The molecule has 1 N–H and O–H groups in total. The third-order valence-corrected chi connectivity index (χ3v) is 8.11. The van der Waals surface area contributed by atoms with Gasteiger partial charge in [-0.25, -0.2) is 0 Å². The maximum atomic E-state index is 5.33. The van der Waals surface area contributed by atoms with Crippen LogP contribution in [0.4, 0.5) is 0 Å². The normalized spacial score (nSPS) is 21.1. The highest BCUT2D eigenvalue weighted by Crippen LogP contribution is 2.56. The standard InChI is InChI=1S/C24H25NO3S2/c1-26-19-10-4-16(5-11-19)22-25-23(17-6-12-20(27-2)13-7-17)30-24(29-22)18-8-14-21(28-3)15-9-18/h4-15,22-25H,1-3H3. The van der Waals surface area contributed by atoms with Gasteiger partial charge >= 0.3 is 0 Å². The van der Waals surface area contributed by atoms with Crippen molar-refractivity contribution in [3.63, 3.8) is 0 Å². The molecule has 1 aliphatic rings. The Kier molecular flexibility index (Phi) is 6.77. The van der Waals surface area contributed by atoms with Crippen LogP contribution < -0.4 is 19.5 Å². The van der Waals surface area contributed by atoms with E-state index in [1.165, 1.54) is 16.7 Å². The van der Waals surface area contributed by atoms with Crippen LogP contribution in [0.2, 0.25) is 0 Å². The van der Waals surface area contributed by atoms with Gasteiger partial charge in [-0.1, -0.05) is 36.4 Å². The molecule has 2 atom stereocenters. The highest BCUT2D eigenvalue weighted by molar-refractivity contribution is 8.17. The van der Waals surface area contributed by atoms with E-state index in [0.717, 1.165) is 17.2 Å². The van der Waals surface area contributed by atoms with Crippen molar-refractivity contribution in [1.29, 1.82) is 0 Å². The predicted molar refractivity (Wildman–Crippen MR) is 126 cm³/mol. The van der Waals surface area contributed by atoms with Crippen LogP contribution in [0.1, 0.15) is 32.0 Å². The van der Waals surface area contributed by atoms with Gasteiger partial charge in [0.1, 0.15) is 17.2 Å². The Morgan fingerprint density at radius 1 is 0.533 bits per heavy atom. The molecule has 4 rings (SSSR count). The summed E-state index contributed by atoms with van der Waals surface area (Å²) in [5.41, 5.74) is 3.75. The lowest BCUT2D eigenvalue weighted by atomic mass is 10.2. The first-order valence-electron chi connectivity index (χ1n) is 9.69. The Bertz CT molecular complexity index is 813. The van der Waals surface area contributed by atoms with Gasteiger partial charge in [0.05, 0.1) is 36.7 Å². The molecule has 30 heavy (non-hydrogen) atoms. The van der Waals surface area contributed by atoms with Gasteiger partial charge in [0.25, 0.3) is 0 Å². The molecule has 4 nitrogen and oxygen atoms in total. The molecule has 0 spiro atoms. The van der Waals surface area contributed by atoms with Crippen LogP contribution in [-0.4, -0.2) is 21.3 Å². The predicted octanol–water partition coefficient (Wildman–Crippen LogP) is 6.18. The van der Waals surface area contributed by atoms with Gasteiger partial charge in [-0.3, -0.25) is 5.32 Å². The number of rotatable bonds is 6. The Morgan fingerprint density at radius 3 is 1.20 bits per heavy atom. The van der Waals surface area contributed by atoms with Gasteiger partial charge in [0.2, 0.25) is 0 Å². The third-order valence-electron chi connectivity index (χ3n) is 5.05. The smallest absolute Gasteiger partial charge is 0.118 e. The molecular formula is C24H25NO3S2. The first kappa shape index (κ1) is 21.0. The number of nitrogens with one attached hydrogen (secondary N) is 1. The molecule has 0 saturated carbocycles. The number of methoxy groups -OCH3 is 3. The van der Waals surface area contributed by atoms with E-state index in [1.807, 2.05) is 59.9 Å². The lowest BCUT2D eigenvalue weighted by Crippen LogP contribution is -2.27. The van der Waals surface area contributed by atoms with Gasteiger partial charge in [0, 0.05) is 0 Å². The van der Waals surface area contributed by atoms with Crippen molar-refractivity contribution in [3.8, 4) is 17.2 Å². The molecule has 6 heteroatoms. The summed E-state index contributed by atoms with van der Waals surface area (Å²) in [7, 11) is 5.08. The molecule has 0 bridgehead atoms. The van der Waals surface area contributed by atoms with Gasteiger partial charge in [-0.05, 0) is 53.1 Å². The molecule has 3 aromatic carbocycles. The zero-order valence-corrected chi connectivity index (χ0v) is 18.8. The molecule has 156 valence electrons. The Balaban J connectivity index is 1.63. The van der Waals surface area contributed by atoms with E-state index < -0.39 is 0 Å². The molecule has 1 fully saturated rings. The fourth-order valence-corrected chi connectivity index (χ4v) is 6.51. The van der Waals surface area contributed by atoms with Crippen molar-refractivity contribution >= 4 is 23.5 Å². The minimum absolute atomic E-state index is 0.163. The second kappa shape index (κ2) is 9.69. The van der Waals surface area contributed by atoms with Crippen LogP contribution in [0.5, 0.6) is 17.2 Å². The molecule has 0 aliphatic carbocycles. The SMILES string of the molecule is COc1ccc(C2NC(c3ccc(OC)cc3)SC(c3ccc(OC)cc3)S2)cc1. The maximum Gasteiger partial charge on any atom is 0.118 e. The van der Waals surface area contributed by atoms with Gasteiger partial charge < -0.3 is 14.2 Å². The lowest BCUT2D eigenvalue weighted by Gasteiger charge is -2.36. The summed E-state index contributed by atoms with van der Waals surface area (Å²) >= 11 is 3.83. The monoisotopic (exact) mass is 439 g/mol. The van der Waals surface area contributed by atoms with Crippen molar-refractivity contribution < 1.29 is 14.2 Å². The molecule has 2 unspecified atom stereocenters. The molecule has 0 amide bonds. The average molecular weight is 440 g/mol. The number of ether oxygens (including phenoxy) is 3. The molecule has 1 heterocycles. The summed E-state index contributed by atoms with van der Waals surface area (Å²) in [4.78, 5) is 0. The van der Waals surface area contributed by atoms with Crippen molar-refractivity contribution in [2.75, 3.05) is 21.3 Å². The van der Waals surface area contributed by atoms with Crippen molar-refractivity contribution in [2.24, 2.45) is 0 Å². The average Bonchev–Trinajstić information content (AvgIpc) is 2.84. The highest BCUT2D eigenvalue weighted by atomic mass is 32.2. The van der Waals surface area contributed by atoms with Crippen LogP contribution >= 0.6 is 23.5 Å². The first-order chi connectivity index (χ1) is 14.7. The minimum Gasteiger partial charge on any atom is -0.497 e. The third kappa shape index (κ3) is 4.72. The summed E-state index contributed by atoms with van der Waals surface area (Å²) in [6.07, 6.45) is 0. The Labute approximate surface area is 186 Å². The highest BCUT2D eigenvalue weighted by Gasteiger charge is 2.32. The van der Waals surface area contributed by atoms with Crippen molar-refractivity contribution in [3.05, 3.63) is 89.5 Å². The molecule has 0 radical (unpaired) electrons. The van der Waals surface area contributed by atoms with Gasteiger partial charge in [-0.15, -0.1) is 23.5 Å². The molecule has 3 aromatic rings. The van der Waals surface area contributed by atoms with E-state index in [0.29, 0.717) is 0 Å². The van der Waals surface area contributed by atoms with Crippen molar-refractivity contribution in [2.45, 2.75) is 15.3 Å². The Morgan fingerprint density at radius 2 is 0.867 bits per heavy atom. The largest absolute Gasteiger partial charge is 0.497 e. The number of hydrogen-bond donors (Lipinski definition) is 1. The second-order valence-electron chi connectivity index (χ2n) is 6.85.